The number of aromatic nitrogens is 2. The van der Waals surface area contributed by atoms with Gasteiger partial charge >= 0.3 is 0 Å². The molecule has 0 saturated heterocycles. The van der Waals surface area contributed by atoms with E-state index in [-0.39, 0.29) is 5.41 Å². The first-order valence-corrected chi connectivity index (χ1v) is 16.2. The second-order valence-electron chi connectivity index (χ2n) is 12.5. The summed E-state index contributed by atoms with van der Waals surface area (Å²) in [7, 11) is 0. The normalized spacial score (nSPS) is 13.3. The van der Waals surface area contributed by atoms with Gasteiger partial charge in [-0.25, -0.2) is 9.97 Å². The van der Waals surface area contributed by atoms with E-state index >= 15 is 0 Å². The van der Waals surface area contributed by atoms with Gasteiger partial charge in [0, 0.05) is 16.5 Å². The topological polar surface area (TPSA) is 25.8 Å². The molecule has 10 rings (SSSR count). The predicted molar refractivity (Wildman–Crippen MR) is 192 cm³/mol. The van der Waals surface area contributed by atoms with Crippen molar-refractivity contribution in [2.24, 2.45) is 0 Å². The van der Waals surface area contributed by atoms with Crippen molar-refractivity contribution in [3.05, 3.63) is 192 Å². The van der Waals surface area contributed by atoms with E-state index in [1.165, 1.54) is 50.1 Å². The molecule has 2 nitrogen and oxygen atoms in total. The fraction of sp³-hybridized carbons (Fsp3) is 0.0222. The number of hydrogen-bond donors (Lipinski definition) is 0. The molecule has 0 bridgehead atoms. The molecule has 0 atom stereocenters. The minimum Gasteiger partial charge on any atom is -0.228 e. The number of para-hydroxylation sites is 1. The van der Waals surface area contributed by atoms with Gasteiger partial charge in [0.1, 0.15) is 0 Å². The van der Waals surface area contributed by atoms with Crippen molar-refractivity contribution in [2.45, 2.75) is 5.41 Å². The van der Waals surface area contributed by atoms with Crippen molar-refractivity contribution in [3.63, 3.8) is 0 Å². The molecule has 2 aliphatic rings. The zero-order chi connectivity index (χ0) is 31.0. The van der Waals surface area contributed by atoms with Crippen molar-refractivity contribution in [1.29, 1.82) is 0 Å². The van der Waals surface area contributed by atoms with Crippen LogP contribution in [0.1, 0.15) is 22.3 Å². The second-order valence-corrected chi connectivity index (χ2v) is 12.5. The molecule has 1 aromatic heterocycles. The second kappa shape index (κ2) is 9.94. The van der Waals surface area contributed by atoms with Crippen molar-refractivity contribution >= 4 is 10.9 Å². The molecule has 0 unspecified atom stereocenters. The Morgan fingerprint density at radius 3 is 1.66 bits per heavy atom. The number of benzene rings is 7. The molecule has 0 fully saturated rings. The summed E-state index contributed by atoms with van der Waals surface area (Å²) in [5.74, 6) is 0.729. The van der Waals surface area contributed by atoms with Gasteiger partial charge in [0.25, 0.3) is 0 Å². The lowest BCUT2D eigenvalue weighted by Gasteiger charge is -2.30. The number of hydrogen-bond acceptors (Lipinski definition) is 2. The average Bonchev–Trinajstić information content (AvgIpc) is 3.62. The maximum Gasteiger partial charge on any atom is 0.160 e. The first-order valence-electron chi connectivity index (χ1n) is 16.2. The molecule has 7 aromatic carbocycles. The molecular formula is C45H28N2. The van der Waals surface area contributed by atoms with Crippen LogP contribution in [-0.4, -0.2) is 9.97 Å². The fourth-order valence-corrected chi connectivity index (χ4v) is 8.23. The largest absolute Gasteiger partial charge is 0.228 e. The minimum atomic E-state index is -0.362. The molecule has 2 heteroatoms. The third kappa shape index (κ3) is 3.61. The van der Waals surface area contributed by atoms with Crippen LogP contribution in [0.15, 0.2) is 170 Å². The van der Waals surface area contributed by atoms with Gasteiger partial charge in [-0.3, -0.25) is 0 Å². The van der Waals surface area contributed by atoms with Gasteiger partial charge in [-0.05, 0) is 67.8 Å². The first-order chi connectivity index (χ1) is 23.3. The molecular weight excluding hydrogens is 569 g/mol. The molecule has 0 amide bonds. The van der Waals surface area contributed by atoms with Crippen LogP contribution in [0.4, 0.5) is 0 Å². The molecule has 8 aromatic rings. The van der Waals surface area contributed by atoms with Crippen molar-refractivity contribution in [3.8, 4) is 56.0 Å². The molecule has 0 N–H and O–H groups in total. The zero-order valence-electron chi connectivity index (χ0n) is 25.6. The van der Waals surface area contributed by atoms with Crippen molar-refractivity contribution < 1.29 is 0 Å². The quantitative estimate of drug-likeness (QED) is 0.203. The summed E-state index contributed by atoms with van der Waals surface area (Å²) in [5, 5.41) is 1.05. The van der Waals surface area contributed by atoms with E-state index in [2.05, 4.69) is 158 Å². The molecule has 0 aliphatic heterocycles. The smallest absolute Gasteiger partial charge is 0.160 e. The van der Waals surface area contributed by atoms with Crippen LogP contribution in [0.25, 0.3) is 66.9 Å². The molecule has 1 spiro atoms. The summed E-state index contributed by atoms with van der Waals surface area (Å²) in [5.41, 5.74) is 16.6. The highest BCUT2D eigenvalue weighted by Gasteiger charge is 2.51. The highest BCUT2D eigenvalue weighted by Crippen LogP contribution is 2.63. The maximum absolute atomic E-state index is 5.18. The van der Waals surface area contributed by atoms with Crippen LogP contribution in [0, 0.1) is 0 Å². The Bertz CT molecular complexity index is 2480. The standard InChI is InChI=1S/C45H28N2/c1-2-14-29(15-3-1)43-36-21-7-11-27-41(36)46-44(47-43)31-17-12-16-30(28-31)32-22-13-26-40-42(32)35-20-6-10-25-39(35)45(40)37-23-8-4-18-33(37)34-19-5-9-24-38(34)45/h1-28H. The summed E-state index contributed by atoms with van der Waals surface area (Å²) >= 11 is 0. The zero-order valence-corrected chi connectivity index (χ0v) is 25.6. The minimum absolute atomic E-state index is 0.362. The Balaban J connectivity index is 1.20. The summed E-state index contributed by atoms with van der Waals surface area (Å²) in [4.78, 5) is 10.3. The number of rotatable bonds is 3. The van der Waals surface area contributed by atoms with Gasteiger partial charge in [0.2, 0.25) is 0 Å². The Morgan fingerprint density at radius 1 is 0.362 bits per heavy atom. The van der Waals surface area contributed by atoms with E-state index in [1.54, 1.807) is 0 Å². The predicted octanol–water partition coefficient (Wildman–Crippen LogP) is 11.0. The van der Waals surface area contributed by atoms with E-state index in [1.807, 2.05) is 12.1 Å². The SMILES string of the molecule is c1ccc(-c2nc(-c3cccc(-c4cccc5c4-c4ccccc4C54c5ccccc5-c5ccccc54)c3)nc3ccccc23)cc1. The average molecular weight is 597 g/mol. The molecule has 218 valence electrons. The van der Waals surface area contributed by atoms with Crippen LogP contribution in [0.3, 0.4) is 0 Å². The van der Waals surface area contributed by atoms with E-state index in [4.69, 9.17) is 9.97 Å². The van der Waals surface area contributed by atoms with Gasteiger partial charge in [0.15, 0.2) is 5.82 Å². The number of nitrogens with zero attached hydrogens (tertiary/aromatic N) is 2. The lowest BCUT2D eigenvalue weighted by atomic mass is 9.70. The third-order valence-corrected chi connectivity index (χ3v) is 10.1. The Kier molecular flexibility index (Phi) is 5.53. The Morgan fingerprint density at radius 2 is 0.894 bits per heavy atom. The lowest BCUT2D eigenvalue weighted by Crippen LogP contribution is -2.25. The van der Waals surface area contributed by atoms with Gasteiger partial charge in [-0.15, -0.1) is 0 Å². The highest BCUT2D eigenvalue weighted by molar-refractivity contribution is 6.00. The van der Waals surface area contributed by atoms with Gasteiger partial charge in [-0.1, -0.05) is 158 Å². The summed E-state index contributed by atoms with van der Waals surface area (Å²) in [6, 6.07) is 61.2. The summed E-state index contributed by atoms with van der Waals surface area (Å²) in [6.45, 7) is 0. The van der Waals surface area contributed by atoms with E-state index in [0.717, 1.165) is 39.1 Å². The van der Waals surface area contributed by atoms with Crippen LogP contribution in [0.5, 0.6) is 0 Å². The van der Waals surface area contributed by atoms with Crippen LogP contribution < -0.4 is 0 Å². The first kappa shape index (κ1) is 26.1. The fourth-order valence-electron chi connectivity index (χ4n) is 8.23. The van der Waals surface area contributed by atoms with Crippen molar-refractivity contribution in [2.75, 3.05) is 0 Å². The van der Waals surface area contributed by atoms with Gasteiger partial charge in [0.05, 0.1) is 16.6 Å². The van der Waals surface area contributed by atoms with E-state index in [9.17, 15) is 0 Å². The molecule has 0 radical (unpaired) electrons. The molecule has 2 aliphatic carbocycles. The van der Waals surface area contributed by atoms with Crippen LogP contribution >= 0.6 is 0 Å². The van der Waals surface area contributed by atoms with Crippen LogP contribution in [-0.2, 0) is 5.41 Å². The van der Waals surface area contributed by atoms with E-state index in [0.29, 0.717) is 0 Å². The maximum atomic E-state index is 5.18. The molecule has 0 saturated carbocycles. The third-order valence-electron chi connectivity index (χ3n) is 10.1. The summed E-state index contributed by atoms with van der Waals surface area (Å²) < 4.78 is 0. The Labute approximate surface area is 273 Å². The molecule has 1 heterocycles. The monoisotopic (exact) mass is 596 g/mol. The lowest BCUT2D eigenvalue weighted by molar-refractivity contribution is 0.794. The van der Waals surface area contributed by atoms with Gasteiger partial charge < -0.3 is 0 Å². The number of fused-ring (bicyclic) bond motifs is 11. The molecule has 47 heavy (non-hydrogen) atoms. The highest BCUT2D eigenvalue weighted by atomic mass is 14.9. The summed E-state index contributed by atoms with van der Waals surface area (Å²) in [6.07, 6.45) is 0. The van der Waals surface area contributed by atoms with Gasteiger partial charge in [-0.2, -0.15) is 0 Å². The Hall–Kier alpha value is -6.12. The van der Waals surface area contributed by atoms with E-state index < -0.39 is 0 Å². The van der Waals surface area contributed by atoms with Crippen LogP contribution in [0.2, 0.25) is 0 Å². The van der Waals surface area contributed by atoms with Crippen molar-refractivity contribution in [1.82, 2.24) is 9.97 Å².